The maximum absolute atomic E-state index is 11.1. The van der Waals surface area contributed by atoms with Gasteiger partial charge in [-0.1, -0.05) is 13.3 Å². The van der Waals surface area contributed by atoms with Crippen LogP contribution >= 0.6 is 0 Å². The summed E-state index contributed by atoms with van der Waals surface area (Å²) in [6, 6.07) is 0.719. The first-order chi connectivity index (χ1) is 5.77. The molecule has 1 aliphatic heterocycles. The molecule has 2 rings (SSSR count). The fraction of sp³-hybridized carbons (Fsp3) is 0.900. The first kappa shape index (κ1) is 8.24. The maximum Gasteiger partial charge on any atom is 0.148 e. The van der Waals surface area contributed by atoms with Crippen molar-refractivity contribution in [3.05, 3.63) is 0 Å². The van der Waals surface area contributed by atoms with Crippen molar-refractivity contribution in [3.63, 3.8) is 0 Å². The zero-order valence-corrected chi connectivity index (χ0v) is 7.75. The fourth-order valence-electron chi connectivity index (χ4n) is 2.60. The Morgan fingerprint density at radius 3 is 2.75 bits per heavy atom. The second-order valence-electron chi connectivity index (χ2n) is 4.23. The number of likely N-dealkylation sites (tertiary alicyclic amines) is 1. The van der Waals surface area contributed by atoms with Gasteiger partial charge >= 0.3 is 0 Å². The number of hydrogen-bond donors (Lipinski definition) is 0. The van der Waals surface area contributed by atoms with E-state index in [4.69, 9.17) is 0 Å². The van der Waals surface area contributed by atoms with E-state index in [0.29, 0.717) is 5.78 Å². The SMILES string of the molecule is CC1CCCC1N1CCC(=O)C1. The van der Waals surface area contributed by atoms with Gasteiger partial charge in [0.2, 0.25) is 0 Å². The summed E-state index contributed by atoms with van der Waals surface area (Å²) in [5.74, 6) is 1.25. The Balaban J connectivity index is 1.95. The fourth-order valence-corrected chi connectivity index (χ4v) is 2.60. The quantitative estimate of drug-likeness (QED) is 0.589. The van der Waals surface area contributed by atoms with Crippen LogP contribution in [0.3, 0.4) is 0 Å². The average molecular weight is 167 g/mol. The van der Waals surface area contributed by atoms with Gasteiger partial charge in [0.15, 0.2) is 0 Å². The maximum atomic E-state index is 11.1. The molecule has 0 aromatic heterocycles. The summed E-state index contributed by atoms with van der Waals surface area (Å²) < 4.78 is 0. The van der Waals surface area contributed by atoms with Crippen LogP contribution in [0.25, 0.3) is 0 Å². The van der Waals surface area contributed by atoms with Crippen LogP contribution in [-0.4, -0.2) is 29.8 Å². The smallest absolute Gasteiger partial charge is 0.148 e. The van der Waals surface area contributed by atoms with Crippen molar-refractivity contribution in [2.45, 2.75) is 38.6 Å². The van der Waals surface area contributed by atoms with Crippen LogP contribution in [0, 0.1) is 5.92 Å². The van der Waals surface area contributed by atoms with Gasteiger partial charge < -0.3 is 0 Å². The second-order valence-corrected chi connectivity index (χ2v) is 4.23. The molecule has 0 spiro atoms. The normalized spacial score (nSPS) is 37.9. The minimum atomic E-state index is 0.439. The summed E-state index contributed by atoms with van der Waals surface area (Å²) in [6.07, 6.45) is 4.82. The van der Waals surface area contributed by atoms with Crippen molar-refractivity contribution in [1.29, 1.82) is 0 Å². The monoisotopic (exact) mass is 167 g/mol. The lowest BCUT2D eigenvalue weighted by Crippen LogP contribution is -2.35. The van der Waals surface area contributed by atoms with Crippen molar-refractivity contribution in [1.82, 2.24) is 4.90 Å². The molecule has 1 heterocycles. The number of carbonyl (C=O) groups excluding carboxylic acids is 1. The molecule has 2 fully saturated rings. The Morgan fingerprint density at radius 2 is 2.25 bits per heavy atom. The molecule has 1 saturated carbocycles. The molecule has 12 heavy (non-hydrogen) atoms. The first-order valence-corrected chi connectivity index (χ1v) is 5.03. The van der Waals surface area contributed by atoms with Crippen LogP contribution < -0.4 is 0 Å². The molecule has 1 saturated heterocycles. The average Bonchev–Trinajstić information content (AvgIpc) is 2.58. The Labute approximate surface area is 73.9 Å². The van der Waals surface area contributed by atoms with Crippen molar-refractivity contribution in [2.24, 2.45) is 5.92 Å². The van der Waals surface area contributed by atoms with Crippen LogP contribution in [0.5, 0.6) is 0 Å². The van der Waals surface area contributed by atoms with Crippen LogP contribution in [-0.2, 0) is 4.79 Å². The molecule has 68 valence electrons. The number of carbonyl (C=O) groups is 1. The largest absolute Gasteiger partial charge is 0.298 e. The molecule has 1 aliphatic carbocycles. The summed E-state index contributed by atoms with van der Waals surface area (Å²) in [5, 5.41) is 0. The second kappa shape index (κ2) is 3.17. The Kier molecular flexibility index (Phi) is 2.18. The van der Waals surface area contributed by atoms with Gasteiger partial charge in [0.25, 0.3) is 0 Å². The van der Waals surface area contributed by atoms with Crippen LogP contribution in [0.4, 0.5) is 0 Å². The molecule has 2 atom stereocenters. The highest BCUT2D eigenvalue weighted by Gasteiger charge is 2.32. The van der Waals surface area contributed by atoms with Crippen molar-refractivity contribution < 1.29 is 4.79 Å². The third kappa shape index (κ3) is 1.40. The van der Waals surface area contributed by atoms with Gasteiger partial charge in [0, 0.05) is 19.0 Å². The standard InChI is InChI=1S/C10H17NO/c1-8-3-2-4-10(8)11-6-5-9(12)7-11/h8,10H,2-7H2,1H3. The van der Waals surface area contributed by atoms with Gasteiger partial charge in [0.1, 0.15) is 5.78 Å². The van der Waals surface area contributed by atoms with Crippen LogP contribution in [0.2, 0.25) is 0 Å². The summed E-state index contributed by atoms with van der Waals surface area (Å²) in [5.41, 5.74) is 0. The van der Waals surface area contributed by atoms with Crippen molar-refractivity contribution >= 4 is 5.78 Å². The van der Waals surface area contributed by atoms with E-state index in [1.54, 1.807) is 0 Å². The zero-order chi connectivity index (χ0) is 8.55. The topological polar surface area (TPSA) is 20.3 Å². The van der Waals surface area contributed by atoms with Crippen LogP contribution in [0.1, 0.15) is 32.6 Å². The van der Waals surface area contributed by atoms with E-state index in [2.05, 4.69) is 11.8 Å². The summed E-state index contributed by atoms with van der Waals surface area (Å²) in [6.45, 7) is 4.07. The van der Waals surface area contributed by atoms with E-state index in [1.165, 1.54) is 19.3 Å². The molecule has 0 amide bonds. The molecule has 2 aliphatic rings. The van der Waals surface area contributed by atoms with E-state index >= 15 is 0 Å². The Hall–Kier alpha value is -0.370. The number of Topliss-reactive ketones (excluding diaryl/α,β-unsaturated/α-hetero) is 1. The van der Waals surface area contributed by atoms with Crippen molar-refractivity contribution in [2.75, 3.05) is 13.1 Å². The third-order valence-corrected chi connectivity index (χ3v) is 3.34. The zero-order valence-electron chi connectivity index (χ0n) is 7.75. The lowest BCUT2D eigenvalue weighted by atomic mass is 10.1. The number of nitrogens with zero attached hydrogens (tertiary/aromatic N) is 1. The number of rotatable bonds is 1. The van der Waals surface area contributed by atoms with Gasteiger partial charge in [-0.15, -0.1) is 0 Å². The molecule has 2 heteroatoms. The highest BCUT2D eigenvalue weighted by Crippen LogP contribution is 2.30. The van der Waals surface area contributed by atoms with E-state index in [0.717, 1.165) is 31.5 Å². The third-order valence-electron chi connectivity index (χ3n) is 3.34. The van der Waals surface area contributed by atoms with Crippen molar-refractivity contribution in [3.8, 4) is 0 Å². The van der Waals surface area contributed by atoms with Gasteiger partial charge in [-0.25, -0.2) is 0 Å². The lowest BCUT2D eigenvalue weighted by Gasteiger charge is -2.26. The molecule has 0 aromatic rings. The number of ketones is 1. The van der Waals surface area contributed by atoms with Gasteiger partial charge in [0.05, 0.1) is 6.54 Å². The molecule has 0 aromatic carbocycles. The molecule has 0 radical (unpaired) electrons. The molecule has 0 bridgehead atoms. The molecular formula is C10H17NO. The molecule has 0 N–H and O–H groups in total. The molecule has 2 nitrogen and oxygen atoms in total. The van der Waals surface area contributed by atoms with Gasteiger partial charge in [-0.05, 0) is 18.8 Å². The van der Waals surface area contributed by atoms with Crippen LogP contribution in [0.15, 0.2) is 0 Å². The van der Waals surface area contributed by atoms with E-state index in [1.807, 2.05) is 0 Å². The molecule has 2 unspecified atom stereocenters. The Bertz CT molecular complexity index is 190. The van der Waals surface area contributed by atoms with E-state index in [-0.39, 0.29) is 0 Å². The Morgan fingerprint density at radius 1 is 1.42 bits per heavy atom. The number of hydrogen-bond acceptors (Lipinski definition) is 2. The minimum Gasteiger partial charge on any atom is -0.298 e. The summed E-state index contributed by atoms with van der Waals surface area (Å²) in [4.78, 5) is 13.5. The van der Waals surface area contributed by atoms with E-state index < -0.39 is 0 Å². The lowest BCUT2D eigenvalue weighted by molar-refractivity contribution is -0.117. The predicted molar refractivity (Wildman–Crippen MR) is 48.0 cm³/mol. The van der Waals surface area contributed by atoms with E-state index in [9.17, 15) is 4.79 Å². The summed E-state index contributed by atoms with van der Waals surface area (Å²) in [7, 11) is 0. The van der Waals surface area contributed by atoms with Gasteiger partial charge in [-0.3, -0.25) is 9.69 Å². The predicted octanol–water partition coefficient (Wildman–Crippen LogP) is 1.45. The minimum absolute atomic E-state index is 0.439. The van der Waals surface area contributed by atoms with Gasteiger partial charge in [-0.2, -0.15) is 0 Å². The first-order valence-electron chi connectivity index (χ1n) is 5.03. The highest BCUT2D eigenvalue weighted by atomic mass is 16.1. The summed E-state index contributed by atoms with van der Waals surface area (Å²) >= 11 is 0. The highest BCUT2D eigenvalue weighted by molar-refractivity contribution is 5.82. The molecular weight excluding hydrogens is 150 g/mol.